The smallest absolute Gasteiger partial charge is 0.252 e. The van der Waals surface area contributed by atoms with Crippen molar-refractivity contribution in [3.63, 3.8) is 0 Å². The minimum Gasteiger partial charge on any atom is -0.394 e. The maximum atomic E-state index is 9.17. The summed E-state index contributed by atoms with van der Waals surface area (Å²) < 4.78 is 0. The SMILES string of the molecule is OC[C@@H](O)[C@@H](O)[C@H](O)[C@@H](O)C1OO1. The fourth-order valence-electron chi connectivity index (χ4n) is 0.845. The molecule has 0 aromatic rings. The van der Waals surface area contributed by atoms with E-state index in [0.717, 1.165) is 0 Å². The minimum atomic E-state index is -1.65. The van der Waals surface area contributed by atoms with Gasteiger partial charge in [0.15, 0.2) is 0 Å². The van der Waals surface area contributed by atoms with Crippen LogP contribution in [0.25, 0.3) is 0 Å². The highest BCUT2D eigenvalue weighted by Gasteiger charge is 2.43. The van der Waals surface area contributed by atoms with E-state index in [0.29, 0.717) is 0 Å². The van der Waals surface area contributed by atoms with Gasteiger partial charge in [0.05, 0.1) is 6.61 Å². The summed E-state index contributed by atoms with van der Waals surface area (Å²) in [5.41, 5.74) is 0. The Morgan fingerprint density at radius 3 is 1.92 bits per heavy atom. The van der Waals surface area contributed by atoms with Gasteiger partial charge in [-0.15, -0.1) is 0 Å². The molecule has 78 valence electrons. The van der Waals surface area contributed by atoms with Gasteiger partial charge in [-0.25, -0.2) is 0 Å². The summed E-state index contributed by atoms with van der Waals surface area (Å²) in [6.07, 6.45) is -7.21. The van der Waals surface area contributed by atoms with Gasteiger partial charge in [-0.05, 0) is 0 Å². The molecule has 7 nitrogen and oxygen atoms in total. The van der Waals surface area contributed by atoms with Crippen LogP contribution in [0.2, 0.25) is 0 Å². The molecule has 1 heterocycles. The monoisotopic (exact) mass is 196 g/mol. The van der Waals surface area contributed by atoms with E-state index in [2.05, 4.69) is 9.78 Å². The molecule has 0 aromatic carbocycles. The Hall–Kier alpha value is -0.280. The first-order chi connectivity index (χ1) is 6.07. The molecule has 1 saturated heterocycles. The maximum Gasteiger partial charge on any atom is 0.252 e. The van der Waals surface area contributed by atoms with Crippen LogP contribution in [-0.2, 0) is 9.78 Å². The molecule has 0 spiro atoms. The van der Waals surface area contributed by atoms with E-state index in [-0.39, 0.29) is 0 Å². The van der Waals surface area contributed by atoms with E-state index >= 15 is 0 Å². The molecule has 0 saturated carbocycles. The molecule has 0 bridgehead atoms. The van der Waals surface area contributed by atoms with Crippen LogP contribution in [-0.4, -0.2) is 62.8 Å². The molecule has 13 heavy (non-hydrogen) atoms. The second-order valence-electron chi connectivity index (χ2n) is 2.78. The summed E-state index contributed by atoms with van der Waals surface area (Å²) in [6.45, 7) is -0.711. The number of rotatable bonds is 5. The van der Waals surface area contributed by atoms with Gasteiger partial charge in [0.25, 0.3) is 6.29 Å². The molecular formula is C6H12O7. The number of hydrogen-bond donors (Lipinski definition) is 5. The molecule has 0 unspecified atom stereocenters. The second kappa shape index (κ2) is 4.29. The van der Waals surface area contributed by atoms with Gasteiger partial charge in [-0.1, -0.05) is 0 Å². The average Bonchev–Trinajstić information content (AvgIpc) is 2.96. The molecule has 5 N–H and O–H groups in total. The Morgan fingerprint density at radius 1 is 1.00 bits per heavy atom. The molecular weight excluding hydrogens is 184 g/mol. The Morgan fingerprint density at radius 2 is 1.54 bits per heavy atom. The van der Waals surface area contributed by atoms with Crippen molar-refractivity contribution in [2.24, 2.45) is 0 Å². The van der Waals surface area contributed by atoms with Crippen molar-refractivity contribution >= 4 is 0 Å². The quantitative estimate of drug-likeness (QED) is 0.230. The fraction of sp³-hybridized carbons (Fsp3) is 1.00. The van der Waals surface area contributed by atoms with Crippen molar-refractivity contribution in [3.05, 3.63) is 0 Å². The highest BCUT2D eigenvalue weighted by molar-refractivity contribution is 4.83. The predicted molar refractivity (Wildman–Crippen MR) is 37.1 cm³/mol. The Labute approximate surface area is 73.7 Å². The van der Waals surface area contributed by atoms with Crippen LogP contribution in [0.3, 0.4) is 0 Å². The van der Waals surface area contributed by atoms with Crippen molar-refractivity contribution in [3.8, 4) is 0 Å². The van der Waals surface area contributed by atoms with Gasteiger partial charge in [0.2, 0.25) is 0 Å². The van der Waals surface area contributed by atoms with Gasteiger partial charge < -0.3 is 25.5 Å². The topological polar surface area (TPSA) is 126 Å². The molecule has 1 aliphatic heterocycles. The van der Waals surface area contributed by atoms with Crippen LogP contribution in [0.15, 0.2) is 0 Å². The second-order valence-corrected chi connectivity index (χ2v) is 2.78. The summed E-state index contributed by atoms with van der Waals surface area (Å²) in [6, 6.07) is 0. The van der Waals surface area contributed by atoms with Crippen LogP contribution in [0.5, 0.6) is 0 Å². The van der Waals surface area contributed by atoms with E-state index in [1.54, 1.807) is 0 Å². The summed E-state index contributed by atoms with van der Waals surface area (Å²) in [7, 11) is 0. The van der Waals surface area contributed by atoms with Crippen molar-refractivity contribution in [2.45, 2.75) is 30.7 Å². The summed E-state index contributed by atoms with van der Waals surface area (Å²) >= 11 is 0. The molecule has 0 aliphatic carbocycles. The van der Waals surface area contributed by atoms with Crippen LogP contribution in [0.1, 0.15) is 0 Å². The van der Waals surface area contributed by atoms with Gasteiger partial charge in [0.1, 0.15) is 24.4 Å². The number of aliphatic hydroxyl groups excluding tert-OH is 5. The molecule has 0 aromatic heterocycles. The molecule has 1 fully saturated rings. The third-order valence-corrected chi connectivity index (χ3v) is 1.77. The molecule has 1 aliphatic rings. The van der Waals surface area contributed by atoms with E-state index in [1.807, 2.05) is 0 Å². The Kier molecular flexibility index (Phi) is 3.56. The molecule has 4 atom stereocenters. The van der Waals surface area contributed by atoms with E-state index in [1.165, 1.54) is 0 Å². The third-order valence-electron chi connectivity index (χ3n) is 1.77. The van der Waals surface area contributed by atoms with Crippen LogP contribution in [0.4, 0.5) is 0 Å². The molecule has 7 heteroatoms. The van der Waals surface area contributed by atoms with Gasteiger partial charge in [-0.2, -0.15) is 9.78 Å². The number of aliphatic hydroxyl groups is 5. The minimum absolute atomic E-state index is 0.711. The van der Waals surface area contributed by atoms with Crippen molar-refractivity contribution in [1.82, 2.24) is 0 Å². The van der Waals surface area contributed by atoms with Crippen molar-refractivity contribution in [2.75, 3.05) is 6.61 Å². The summed E-state index contributed by atoms with van der Waals surface area (Å²) in [4.78, 5) is 8.38. The zero-order valence-corrected chi connectivity index (χ0v) is 6.65. The lowest BCUT2D eigenvalue weighted by Crippen LogP contribution is -2.47. The first-order valence-electron chi connectivity index (χ1n) is 3.73. The first kappa shape index (κ1) is 10.8. The lowest BCUT2D eigenvalue weighted by Gasteiger charge is -2.23. The normalized spacial score (nSPS) is 26.5. The third kappa shape index (κ3) is 2.58. The predicted octanol–water partition coefficient (Wildman–Crippen LogP) is -3.29. The molecule has 0 radical (unpaired) electrons. The molecule has 1 rings (SSSR count). The first-order valence-corrected chi connectivity index (χ1v) is 3.73. The lowest BCUT2D eigenvalue weighted by atomic mass is 10.0. The van der Waals surface area contributed by atoms with Crippen molar-refractivity contribution < 1.29 is 35.3 Å². The van der Waals surface area contributed by atoms with Gasteiger partial charge in [-0.3, -0.25) is 0 Å². The van der Waals surface area contributed by atoms with Crippen LogP contribution < -0.4 is 0 Å². The molecule has 0 amide bonds. The van der Waals surface area contributed by atoms with Gasteiger partial charge >= 0.3 is 0 Å². The largest absolute Gasteiger partial charge is 0.394 e. The Bertz CT molecular complexity index is 159. The van der Waals surface area contributed by atoms with Gasteiger partial charge in [0, 0.05) is 0 Å². The zero-order chi connectivity index (χ0) is 10.0. The maximum absolute atomic E-state index is 9.17. The summed E-state index contributed by atoms with van der Waals surface area (Å²) in [5.74, 6) is 0. The Balaban J connectivity index is 2.39. The van der Waals surface area contributed by atoms with E-state index in [4.69, 9.17) is 25.5 Å². The average molecular weight is 196 g/mol. The highest BCUT2D eigenvalue weighted by Crippen LogP contribution is 2.21. The van der Waals surface area contributed by atoms with Crippen LogP contribution >= 0.6 is 0 Å². The zero-order valence-electron chi connectivity index (χ0n) is 6.65. The lowest BCUT2D eigenvalue weighted by molar-refractivity contribution is -0.120. The van der Waals surface area contributed by atoms with E-state index in [9.17, 15) is 0 Å². The van der Waals surface area contributed by atoms with Crippen LogP contribution in [0, 0.1) is 0 Å². The fourth-order valence-corrected chi connectivity index (χ4v) is 0.845. The number of hydrogen-bond acceptors (Lipinski definition) is 7. The summed E-state index contributed by atoms with van der Waals surface area (Å²) in [5, 5.41) is 44.7. The highest BCUT2D eigenvalue weighted by atomic mass is 17.4. The van der Waals surface area contributed by atoms with E-state index < -0.39 is 37.3 Å². The standard InChI is InChI=1S/C6H12O7/c7-1-2(8)3(9)4(10)5(11)6-12-13-6/h2-11H,1H2/t2-,3-,4+,5-/m1/s1. The van der Waals surface area contributed by atoms with Crippen molar-refractivity contribution in [1.29, 1.82) is 0 Å².